The van der Waals surface area contributed by atoms with Crippen molar-refractivity contribution in [2.45, 2.75) is 25.3 Å². The molecule has 0 bridgehead atoms. The molecule has 7 heteroatoms. The third kappa shape index (κ3) is 4.03. The van der Waals surface area contributed by atoms with Crippen molar-refractivity contribution in [1.82, 2.24) is 20.3 Å². The van der Waals surface area contributed by atoms with Crippen molar-refractivity contribution in [3.63, 3.8) is 0 Å². The average molecular weight is 396 g/mol. The summed E-state index contributed by atoms with van der Waals surface area (Å²) in [5.41, 5.74) is 10.0. The molecule has 2 aromatic heterocycles. The number of nitrogens with zero attached hydrogens (tertiary/aromatic N) is 1. The quantitative estimate of drug-likeness (QED) is 0.361. The topological polar surface area (TPSA) is 99.6 Å². The number of nitrogens with two attached hydrogens (primary N) is 1. The van der Waals surface area contributed by atoms with Gasteiger partial charge in [0.25, 0.3) is 0 Å². The molecule has 2 aromatic carbocycles. The normalized spacial score (nSPS) is 12.5. The number of carbonyl (C=O) groups is 1. The van der Waals surface area contributed by atoms with E-state index in [2.05, 4.69) is 20.3 Å². The van der Waals surface area contributed by atoms with Gasteiger partial charge in [-0.3, -0.25) is 4.79 Å². The van der Waals surface area contributed by atoms with Crippen LogP contribution in [0.15, 0.2) is 48.7 Å². The predicted molar refractivity (Wildman–Crippen MR) is 112 cm³/mol. The maximum absolute atomic E-state index is 12.3. The summed E-state index contributed by atoms with van der Waals surface area (Å²) in [7, 11) is 0. The monoisotopic (exact) mass is 395 g/mol. The van der Waals surface area contributed by atoms with Gasteiger partial charge in [0, 0.05) is 35.1 Å². The Kier molecular flexibility index (Phi) is 5.32. The third-order valence-corrected chi connectivity index (χ3v) is 5.07. The molecule has 6 nitrogen and oxygen atoms in total. The zero-order valence-electron chi connectivity index (χ0n) is 15.3. The number of nitrogens with one attached hydrogen (secondary N) is 3. The molecule has 144 valence electrons. The van der Waals surface area contributed by atoms with Crippen molar-refractivity contribution in [3.05, 3.63) is 65.1 Å². The van der Waals surface area contributed by atoms with E-state index < -0.39 is 6.04 Å². The second-order valence-electron chi connectivity index (χ2n) is 6.91. The molecule has 0 aliphatic heterocycles. The number of aromatic nitrogens is 3. The van der Waals surface area contributed by atoms with Gasteiger partial charge in [-0.25, -0.2) is 4.98 Å². The van der Waals surface area contributed by atoms with Crippen LogP contribution in [-0.2, 0) is 17.6 Å². The van der Waals surface area contributed by atoms with Crippen molar-refractivity contribution in [2.24, 2.45) is 5.73 Å². The number of aryl methyl sites for hydroxylation is 1. The van der Waals surface area contributed by atoms with Crippen LogP contribution in [0.2, 0.25) is 5.02 Å². The van der Waals surface area contributed by atoms with E-state index in [4.69, 9.17) is 17.3 Å². The Bertz CT molecular complexity index is 1120. The molecule has 0 saturated carbocycles. The second-order valence-corrected chi connectivity index (χ2v) is 7.35. The second kappa shape index (κ2) is 8.04. The van der Waals surface area contributed by atoms with Gasteiger partial charge in [-0.05, 0) is 42.7 Å². The number of benzene rings is 2. The van der Waals surface area contributed by atoms with Crippen molar-refractivity contribution >= 4 is 39.4 Å². The van der Waals surface area contributed by atoms with Crippen molar-refractivity contribution < 1.29 is 4.79 Å². The molecule has 0 spiro atoms. The summed E-state index contributed by atoms with van der Waals surface area (Å²) in [4.78, 5) is 23.3. The molecule has 2 heterocycles. The maximum Gasteiger partial charge on any atom is 0.237 e. The molecule has 5 N–H and O–H groups in total. The van der Waals surface area contributed by atoms with E-state index in [0.29, 0.717) is 18.0 Å². The fourth-order valence-corrected chi connectivity index (χ4v) is 3.55. The van der Waals surface area contributed by atoms with Crippen LogP contribution in [0.5, 0.6) is 0 Å². The highest BCUT2D eigenvalue weighted by molar-refractivity contribution is 6.31. The molecule has 1 amide bonds. The Morgan fingerprint density at radius 3 is 2.96 bits per heavy atom. The van der Waals surface area contributed by atoms with E-state index in [1.165, 1.54) is 0 Å². The van der Waals surface area contributed by atoms with E-state index in [1.54, 1.807) is 0 Å². The zero-order valence-corrected chi connectivity index (χ0v) is 16.1. The first-order valence-electron chi connectivity index (χ1n) is 9.32. The largest absolute Gasteiger partial charge is 0.361 e. The number of carbonyl (C=O) groups excluding carboxylic acids is 1. The van der Waals surface area contributed by atoms with Gasteiger partial charge in [0.15, 0.2) is 0 Å². The number of fused-ring (bicyclic) bond motifs is 2. The van der Waals surface area contributed by atoms with Crippen LogP contribution in [-0.4, -0.2) is 33.4 Å². The van der Waals surface area contributed by atoms with E-state index >= 15 is 0 Å². The first-order valence-corrected chi connectivity index (χ1v) is 9.70. The van der Waals surface area contributed by atoms with E-state index in [-0.39, 0.29) is 5.91 Å². The molecule has 1 atom stereocenters. The Morgan fingerprint density at radius 2 is 2.07 bits per heavy atom. The molecule has 0 unspecified atom stereocenters. The van der Waals surface area contributed by atoms with Crippen LogP contribution < -0.4 is 11.1 Å². The van der Waals surface area contributed by atoms with E-state index in [0.717, 1.165) is 46.2 Å². The lowest BCUT2D eigenvalue weighted by Gasteiger charge is -2.11. The molecule has 4 rings (SSSR count). The van der Waals surface area contributed by atoms with E-state index in [9.17, 15) is 4.79 Å². The number of imidazole rings is 1. The number of rotatable bonds is 7. The van der Waals surface area contributed by atoms with Gasteiger partial charge < -0.3 is 21.0 Å². The number of H-pyrrole nitrogens is 2. The van der Waals surface area contributed by atoms with Gasteiger partial charge in [-0.2, -0.15) is 0 Å². The minimum absolute atomic E-state index is 0.137. The summed E-state index contributed by atoms with van der Waals surface area (Å²) in [6.07, 6.45) is 3.94. The lowest BCUT2D eigenvalue weighted by Crippen LogP contribution is -2.42. The first-order chi connectivity index (χ1) is 13.6. The molecule has 0 saturated heterocycles. The standard InChI is InChI=1S/C21H22ClN5O/c22-14-7-8-18-19(11-14)27-20(26-18)6-3-9-24-21(28)16(23)10-13-12-25-17-5-2-1-4-15(13)17/h1-2,4-5,7-8,11-12,16,25H,3,6,9-10,23H2,(H,24,28)(H,26,27)/t16-/m1/s1. The van der Waals surface area contributed by atoms with Gasteiger partial charge in [0.05, 0.1) is 17.1 Å². The average Bonchev–Trinajstić information content (AvgIpc) is 3.28. The minimum atomic E-state index is -0.576. The Balaban J connectivity index is 1.26. The summed E-state index contributed by atoms with van der Waals surface area (Å²) < 4.78 is 0. The van der Waals surface area contributed by atoms with Gasteiger partial charge in [-0.1, -0.05) is 29.8 Å². The minimum Gasteiger partial charge on any atom is -0.361 e. The summed E-state index contributed by atoms with van der Waals surface area (Å²) in [5, 5.41) is 4.71. The third-order valence-electron chi connectivity index (χ3n) is 4.83. The summed E-state index contributed by atoms with van der Waals surface area (Å²) in [6, 6.07) is 13.0. The number of aromatic amines is 2. The Labute approximate surface area is 167 Å². The maximum atomic E-state index is 12.3. The smallest absolute Gasteiger partial charge is 0.237 e. The summed E-state index contributed by atoms with van der Waals surface area (Å²) in [6.45, 7) is 0.554. The lowest BCUT2D eigenvalue weighted by atomic mass is 10.1. The molecule has 0 aliphatic rings. The SMILES string of the molecule is N[C@H](Cc1c[nH]c2ccccc12)C(=O)NCCCc1nc2ccc(Cl)cc2[nH]1. The Hall–Kier alpha value is -2.83. The van der Waals surface area contributed by atoms with Crippen LogP contribution in [0.25, 0.3) is 21.9 Å². The van der Waals surface area contributed by atoms with Crippen LogP contribution in [0.1, 0.15) is 17.8 Å². The molecule has 4 aromatic rings. The van der Waals surface area contributed by atoms with Gasteiger partial charge in [0.2, 0.25) is 5.91 Å². The lowest BCUT2D eigenvalue weighted by molar-refractivity contribution is -0.122. The van der Waals surface area contributed by atoms with Crippen LogP contribution in [0.3, 0.4) is 0 Å². The number of para-hydroxylation sites is 1. The highest BCUT2D eigenvalue weighted by atomic mass is 35.5. The van der Waals surface area contributed by atoms with Gasteiger partial charge >= 0.3 is 0 Å². The van der Waals surface area contributed by atoms with Crippen LogP contribution >= 0.6 is 11.6 Å². The number of hydrogen-bond donors (Lipinski definition) is 4. The number of halogens is 1. The molecule has 0 fully saturated rings. The fourth-order valence-electron chi connectivity index (χ4n) is 3.38. The Morgan fingerprint density at radius 1 is 1.21 bits per heavy atom. The molecule has 0 radical (unpaired) electrons. The number of amides is 1. The molecular formula is C21H22ClN5O. The summed E-state index contributed by atoms with van der Waals surface area (Å²) >= 11 is 5.99. The van der Waals surface area contributed by atoms with Crippen LogP contribution in [0, 0.1) is 0 Å². The predicted octanol–water partition coefficient (Wildman–Crippen LogP) is 3.32. The molecule has 28 heavy (non-hydrogen) atoms. The zero-order chi connectivity index (χ0) is 19.5. The first kappa shape index (κ1) is 18.5. The number of hydrogen-bond acceptors (Lipinski definition) is 3. The van der Waals surface area contributed by atoms with Gasteiger partial charge in [-0.15, -0.1) is 0 Å². The summed E-state index contributed by atoms with van der Waals surface area (Å²) in [5.74, 6) is 0.747. The van der Waals surface area contributed by atoms with Crippen LogP contribution in [0.4, 0.5) is 0 Å². The van der Waals surface area contributed by atoms with Crippen molar-refractivity contribution in [1.29, 1.82) is 0 Å². The van der Waals surface area contributed by atoms with Crippen molar-refractivity contribution in [3.8, 4) is 0 Å². The molecular weight excluding hydrogens is 374 g/mol. The van der Waals surface area contributed by atoms with E-state index in [1.807, 2.05) is 48.7 Å². The molecule has 0 aliphatic carbocycles. The van der Waals surface area contributed by atoms with Gasteiger partial charge in [0.1, 0.15) is 5.82 Å². The highest BCUT2D eigenvalue weighted by Gasteiger charge is 2.15. The van der Waals surface area contributed by atoms with Crippen molar-refractivity contribution in [2.75, 3.05) is 6.54 Å². The highest BCUT2D eigenvalue weighted by Crippen LogP contribution is 2.19. The fraction of sp³-hybridized carbons (Fsp3) is 0.238.